The summed E-state index contributed by atoms with van der Waals surface area (Å²) in [6, 6.07) is 10.9. The zero-order valence-electron chi connectivity index (χ0n) is 19.2. The number of rotatable bonds is 7. The Morgan fingerprint density at radius 1 is 1.12 bits per heavy atom. The Morgan fingerprint density at radius 2 is 1.84 bits per heavy atom. The smallest absolute Gasteiger partial charge is 0.248 e. The highest BCUT2D eigenvalue weighted by molar-refractivity contribution is 7.89. The summed E-state index contributed by atoms with van der Waals surface area (Å²) in [4.78, 5) is 12.7. The molecule has 3 rings (SSSR count). The highest BCUT2D eigenvalue weighted by Crippen LogP contribution is 2.30. The van der Waals surface area contributed by atoms with Crippen molar-refractivity contribution in [3.63, 3.8) is 0 Å². The molecule has 1 heterocycles. The Bertz CT molecular complexity index is 1100. The van der Waals surface area contributed by atoms with Crippen LogP contribution in [0.4, 0.5) is 5.69 Å². The van der Waals surface area contributed by atoms with Crippen molar-refractivity contribution in [2.75, 3.05) is 25.5 Å². The van der Waals surface area contributed by atoms with E-state index >= 15 is 0 Å². The van der Waals surface area contributed by atoms with Gasteiger partial charge in [0.15, 0.2) is 0 Å². The first-order valence-electron chi connectivity index (χ1n) is 11.0. The first-order chi connectivity index (χ1) is 15.2. The number of anilines is 1. The molecule has 0 unspecified atom stereocenters. The molecule has 1 fully saturated rings. The van der Waals surface area contributed by atoms with E-state index in [0.717, 1.165) is 36.1 Å². The van der Waals surface area contributed by atoms with Gasteiger partial charge in [-0.1, -0.05) is 44.5 Å². The van der Waals surface area contributed by atoms with Crippen LogP contribution in [0, 0.1) is 6.92 Å². The normalized spacial score (nSPS) is 15.3. The van der Waals surface area contributed by atoms with E-state index in [1.54, 1.807) is 24.3 Å². The first-order valence-corrected chi connectivity index (χ1v) is 12.4. The number of aryl methyl sites for hydroxylation is 1. The minimum atomic E-state index is -3.66. The zero-order valence-corrected chi connectivity index (χ0v) is 20.0. The molecule has 1 N–H and O–H groups in total. The Morgan fingerprint density at radius 3 is 2.50 bits per heavy atom. The predicted molar refractivity (Wildman–Crippen MR) is 129 cm³/mol. The lowest BCUT2D eigenvalue weighted by Gasteiger charge is -2.26. The molecule has 1 aliphatic heterocycles. The average Bonchev–Trinajstić information content (AvgIpc) is 2.79. The number of hydrogen-bond donors (Lipinski definition) is 1. The lowest BCUT2D eigenvalue weighted by atomic mass is 9.98. The Labute approximate surface area is 191 Å². The van der Waals surface area contributed by atoms with Crippen molar-refractivity contribution in [3.8, 4) is 5.75 Å². The van der Waals surface area contributed by atoms with Crippen molar-refractivity contribution < 1.29 is 17.9 Å². The number of ether oxygens (including phenoxy) is 1. The molecule has 0 saturated carbocycles. The number of nitrogens with one attached hydrogen (secondary N) is 1. The number of piperidine rings is 1. The van der Waals surface area contributed by atoms with Gasteiger partial charge in [0, 0.05) is 24.9 Å². The maximum atomic E-state index is 13.2. The summed E-state index contributed by atoms with van der Waals surface area (Å²) >= 11 is 0. The van der Waals surface area contributed by atoms with Gasteiger partial charge in [0.05, 0.1) is 7.11 Å². The molecule has 7 heteroatoms. The molecule has 0 aliphatic carbocycles. The molecule has 2 aromatic carbocycles. The number of sulfonamides is 1. The van der Waals surface area contributed by atoms with Crippen LogP contribution in [0.1, 0.15) is 55.7 Å². The molecular weight excluding hydrogens is 424 g/mol. The van der Waals surface area contributed by atoms with Crippen molar-refractivity contribution >= 4 is 27.7 Å². The van der Waals surface area contributed by atoms with Crippen LogP contribution in [0.3, 0.4) is 0 Å². The van der Waals surface area contributed by atoms with E-state index in [2.05, 4.69) is 19.2 Å². The van der Waals surface area contributed by atoms with Gasteiger partial charge in [0.2, 0.25) is 15.9 Å². The van der Waals surface area contributed by atoms with Gasteiger partial charge in [0.1, 0.15) is 10.6 Å². The fourth-order valence-corrected chi connectivity index (χ4v) is 5.63. The molecule has 0 radical (unpaired) electrons. The van der Waals surface area contributed by atoms with E-state index in [1.807, 2.05) is 25.1 Å². The monoisotopic (exact) mass is 456 g/mol. The van der Waals surface area contributed by atoms with Crippen LogP contribution in [0.2, 0.25) is 0 Å². The van der Waals surface area contributed by atoms with Crippen LogP contribution in [0.5, 0.6) is 5.75 Å². The van der Waals surface area contributed by atoms with Crippen molar-refractivity contribution in [2.45, 2.75) is 50.8 Å². The van der Waals surface area contributed by atoms with Gasteiger partial charge in [-0.3, -0.25) is 4.79 Å². The summed E-state index contributed by atoms with van der Waals surface area (Å²) in [6.45, 7) is 7.17. The molecule has 1 amide bonds. The topological polar surface area (TPSA) is 75.7 Å². The van der Waals surface area contributed by atoms with Gasteiger partial charge in [-0.25, -0.2) is 8.42 Å². The third-order valence-corrected chi connectivity index (χ3v) is 7.64. The second kappa shape index (κ2) is 10.3. The van der Waals surface area contributed by atoms with Crippen molar-refractivity contribution in [1.29, 1.82) is 0 Å². The van der Waals surface area contributed by atoms with Crippen LogP contribution in [0.25, 0.3) is 6.08 Å². The van der Waals surface area contributed by atoms with Crippen LogP contribution < -0.4 is 10.1 Å². The molecule has 2 aromatic rings. The number of amides is 1. The SMILES string of the molecule is COc1ccc(/C=C/C(=O)Nc2c(C)cccc2C(C)C)cc1S(=O)(=O)N1CCCCC1. The van der Waals surface area contributed by atoms with Crippen LogP contribution in [-0.4, -0.2) is 38.8 Å². The molecule has 172 valence electrons. The summed E-state index contributed by atoms with van der Waals surface area (Å²) in [5, 5.41) is 2.97. The number of carbonyl (C=O) groups is 1. The average molecular weight is 457 g/mol. The van der Waals surface area contributed by atoms with Gasteiger partial charge >= 0.3 is 0 Å². The first kappa shape index (κ1) is 24.0. The summed E-state index contributed by atoms with van der Waals surface area (Å²) in [7, 11) is -2.20. The highest BCUT2D eigenvalue weighted by atomic mass is 32.2. The number of hydrogen-bond acceptors (Lipinski definition) is 4. The second-order valence-corrected chi connectivity index (χ2v) is 10.3. The van der Waals surface area contributed by atoms with E-state index < -0.39 is 10.0 Å². The van der Waals surface area contributed by atoms with Crippen molar-refractivity contribution in [2.24, 2.45) is 0 Å². The molecule has 6 nitrogen and oxygen atoms in total. The van der Waals surface area contributed by atoms with Crippen LogP contribution in [0.15, 0.2) is 47.4 Å². The van der Waals surface area contributed by atoms with Crippen molar-refractivity contribution in [3.05, 3.63) is 59.2 Å². The number of nitrogens with zero attached hydrogens (tertiary/aromatic N) is 1. The maximum absolute atomic E-state index is 13.2. The molecular formula is C25H32N2O4S. The quantitative estimate of drug-likeness (QED) is 0.598. The third kappa shape index (κ3) is 5.40. The van der Waals surface area contributed by atoms with Gasteiger partial charge in [-0.15, -0.1) is 0 Å². The Balaban J connectivity index is 1.84. The van der Waals surface area contributed by atoms with E-state index in [4.69, 9.17) is 4.74 Å². The van der Waals surface area contributed by atoms with Gasteiger partial charge in [-0.05, 0) is 60.6 Å². The lowest BCUT2D eigenvalue weighted by molar-refractivity contribution is -0.111. The maximum Gasteiger partial charge on any atom is 0.248 e. The molecule has 32 heavy (non-hydrogen) atoms. The fraction of sp³-hybridized carbons (Fsp3) is 0.400. The number of methoxy groups -OCH3 is 1. The predicted octanol–water partition coefficient (Wildman–Crippen LogP) is 4.95. The van der Waals surface area contributed by atoms with E-state index in [0.29, 0.717) is 24.4 Å². The van der Waals surface area contributed by atoms with Gasteiger partial charge in [-0.2, -0.15) is 4.31 Å². The van der Waals surface area contributed by atoms with Gasteiger partial charge < -0.3 is 10.1 Å². The minimum absolute atomic E-state index is 0.130. The second-order valence-electron chi connectivity index (χ2n) is 8.39. The summed E-state index contributed by atoms with van der Waals surface area (Å²) in [6.07, 6.45) is 5.81. The third-order valence-electron chi connectivity index (χ3n) is 5.72. The number of carbonyl (C=O) groups excluding carboxylic acids is 1. The lowest BCUT2D eigenvalue weighted by Crippen LogP contribution is -2.35. The molecule has 1 saturated heterocycles. The molecule has 0 bridgehead atoms. The number of para-hydroxylation sites is 1. The zero-order chi connectivity index (χ0) is 23.3. The van der Waals surface area contributed by atoms with Gasteiger partial charge in [0.25, 0.3) is 0 Å². The largest absolute Gasteiger partial charge is 0.495 e. The Hall–Kier alpha value is -2.64. The van der Waals surface area contributed by atoms with Crippen molar-refractivity contribution in [1.82, 2.24) is 4.31 Å². The molecule has 1 aliphatic rings. The molecule has 0 atom stereocenters. The molecule has 0 aromatic heterocycles. The van der Waals surface area contributed by atoms with E-state index in [9.17, 15) is 13.2 Å². The standard InChI is InChI=1S/C25H32N2O4S/c1-18(2)21-10-8-9-19(3)25(21)26-24(28)14-12-20-11-13-22(31-4)23(17-20)32(29,30)27-15-6-5-7-16-27/h8-14,17-18H,5-7,15-16H2,1-4H3,(H,26,28)/b14-12+. The molecule has 0 spiro atoms. The van der Waals surface area contributed by atoms with E-state index in [-0.39, 0.29) is 16.7 Å². The van der Waals surface area contributed by atoms with Crippen LogP contribution >= 0.6 is 0 Å². The van der Waals surface area contributed by atoms with E-state index in [1.165, 1.54) is 17.5 Å². The fourth-order valence-electron chi connectivity index (χ4n) is 3.92. The van der Waals surface area contributed by atoms with Crippen LogP contribution in [-0.2, 0) is 14.8 Å². The summed E-state index contributed by atoms with van der Waals surface area (Å²) in [5.74, 6) is 0.314. The highest BCUT2D eigenvalue weighted by Gasteiger charge is 2.29. The number of benzene rings is 2. The minimum Gasteiger partial charge on any atom is -0.495 e. The summed E-state index contributed by atoms with van der Waals surface area (Å²) in [5.41, 5.74) is 3.51. The Kier molecular flexibility index (Phi) is 7.74. The summed E-state index contributed by atoms with van der Waals surface area (Å²) < 4.78 is 33.2.